The molecule has 2 aromatic heterocycles. The lowest BCUT2D eigenvalue weighted by Gasteiger charge is -2.50. The molecule has 2 aliphatic heterocycles. The molecule has 2 atom stereocenters. The van der Waals surface area contributed by atoms with Crippen LogP contribution in [0.1, 0.15) is 52.9 Å². The number of amidine groups is 1. The van der Waals surface area contributed by atoms with E-state index in [4.69, 9.17) is 38.2 Å². The first-order valence-electron chi connectivity index (χ1n) is 12.6. The van der Waals surface area contributed by atoms with E-state index in [1.165, 1.54) is 25.0 Å². The maximum Gasteiger partial charge on any atom is 0.237 e. The predicted octanol–water partition coefficient (Wildman–Crippen LogP) is 6.69. The normalized spacial score (nSPS) is 21.8. The van der Waals surface area contributed by atoms with Crippen LogP contribution in [0.3, 0.4) is 0 Å². The molecule has 0 saturated heterocycles. The Labute approximate surface area is 221 Å². The standard InChI is InChI=1S/C27H29Cl2N7/c1-4-22-25-32-16(2)8-9-17(3)35(25)23-15-31-27(33-26(23)36(22)21-6-5-7-21)34-11-10-30-24(34)18-12-19(28)14-20(29)13-18/h9-16,21-22H,4-8H2,1-3H3. The van der Waals surface area contributed by atoms with Gasteiger partial charge in [-0.15, -0.1) is 0 Å². The van der Waals surface area contributed by atoms with E-state index in [1.54, 1.807) is 12.3 Å². The first-order valence-corrected chi connectivity index (χ1v) is 13.4. The highest BCUT2D eigenvalue weighted by Crippen LogP contribution is 2.43. The Morgan fingerprint density at radius 2 is 1.86 bits per heavy atom. The van der Waals surface area contributed by atoms with Crippen molar-refractivity contribution in [3.05, 3.63) is 58.6 Å². The number of nitrogens with zero attached hydrogens (tertiary/aromatic N) is 7. The Kier molecular flexibility index (Phi) is 6.00. The Hall–Kier alpha value is -2.90. The summed E-state index contributed by atoms with van der Waals surface area (Å²) in [5, 5.41) is 1.12. The number of imidazole rings is 1. The molecule has 36 heavy (non-hydrogen) atoms. The molecule has 1 aromatic carbocycles. The molecule has 186 valence electrons. The number of hydrogen-bond donors (Lipinski definition) is 0. The molecular formula is C27H29Cl2N7. The van der Waals surface area contributed by atoms with Crippen LogP contribution in [0, 0.1) is 0 Å². The molecule has 3 aliphatic rings. The number of fused-ring (bicyclic) bond motifs is 3. The predicted molar refractivity (Wildman–Crippen MR) is 147 cm³/mol. The van der Waals surface area contributed by atoms with E-state index in [9.17, 15) is 0 Å². The molecule has 7 nitrogen and oxygen atoms in total. The van der Waals surface area contributed by atoms with Gasteiger partial charge in [0.1, 0.15) is 17.3 Å². The highest BCUT2D eigenvalue weighted by atomic mass is 35.5. The van der Waals surface area contributed by atoms with Crippen LogP contribution in [-0.2, 0) is 0 Å². The van der Waals surface area contributed by atoms with Gasteiger partial charge in [0, 0.05) is 39.7 Å². The molecule has 0 radical (unpaired) electrons. The van der Waals surface area contributed by atoms with Crippen molar-refractivity contribution in [3.8, 4) is 17.3 Å². The minimum Gasteiger partial charge on any atom is -0.342 e. The van der Waals surface area contributed by atoms with Gasteiger partial charge in [-0.1, -0.05) is 36.2 Å². The van der Waals surface area contributed by atoms with Crippen LogP contribution in [0.5, 0.6) is 0 Å². The minimum absolute atomic E-state index is 0.170. The lowest BCUT2D eigenvalue weighted by Crippen LogP contribution is -2.58. The van der Waals surface area contributed by atoms with Crippen LogP contribution >= 0.6 is 23.2 Å². The van der Waals surface area contributed by atoms with Crippen LogP contribution in [0.25, 0.3) is 17.3 Å². The largest absolute Gasteiger partial charge is 0.342 e. The van der Waals surface area contributed by atoms with Gasteiger partial charge in [0.25, 0.3) is 0 Å². The number of hydrogen-bond acceptors (Lipinski definition) is 6. The zero-order valence-corrected chi connectivity index (χ0v) is 22.2. The Morgan fingerprint density at radius 1 is 1.08 bits per heavy atom. The molecule has 0 amide bonds. The Balaban J connectivity index is 1.52. The van der Waals surface area contributed by atoms with Gasteiger partial charge >= 0.3 is 0 Å². The van der Waals surface area contributed by atoms with Gasteiger partial charge < -0.3 is 4.90 Å². The number of allylic oxidation sites excluding steroid dienone is 1. The SMILES string of the molecule is CCC1C2=NC(C)CC=C(C)N2c2cnc(-n3ccnc3-c3cc(Cl)cc(Cl)c3)nc2N1C1CCC1. The van der Waals surface area contributed by atoms with Crippen molar-refractivity contribution in [1.29, 1.82) is 0 Å². The van der Waals surface area contributed by atoms with Gasteiger partial charge in [-0.05, 0) is 64.2 Å². The zero-order chi connectivity index (χ0) is 25.0. The quantitative estimate of drug-likeness (QED) is 0.382. The molecule has 4 heterocycles. The molecule has 1 saturated carbocycles. The highest BCUT2D eigenvalue weighted by molar-refractivity contribution is 6.35. The monoisotopic (exact) mass is 521 g/mol. The van der Waals surface area contributed by atoms with Gasteiger partial charge in [0.2, 0.25) is 5.95 Å². The summed E-state index contributed by atoms with van der Waals surface area (Å²) < 4.78 is 1.90. The third-order valence-electron chi connectivity index (χ3n) is 7.38. The summed E-state index contributed by atoms with van der Waals surface area (Å²) in [5.74, 6) is 3.34. The van der Waals surface area contributed by atoms with Crippen LogP contribution in [0.15, 0.2) is 53.6 Å². The van der Waals surface area contributed by atoms with Gasteiger partial charge in [0.05, 0.1) is 18.3 Å². The van der Waals surface area contributed by atoms with Crippen LogP contribution < -0.4 is 9.80 Å². The Morgan fingerprint density at radius 3 is 2.56 bits per heavy atom. The molecule has 0 bridgehead atoms. The fraction of sp³-hybridized carbons (Fsp3) is 0.407. The number of aromatic nitrogens is 4. The summed E-state index contributed by atoms with van der Waals surface area (Å²) in [5.41, 5.74) is 2.99. The van der Waals surface area contributed by atoms with E-state index in [2.05, 4.69) is 41.6 Å². The molecule has 1 fully saturated rings. The minimum atomic E-state index is 0.170. The first kappa shape index (κ1) is 23.5. The second kappa shape index (κ2) is 9.20. The van der Waals surface area contributed by atoms with Crippen LogP contribution in [0.4, 0.5) is 11.5 Å². The smallest absolute Gasteiger partial charge is 0.237 e. The highest BCUT2D eigenvalue weighted by Gasteiger charge is 2.43. The van der Waals surface area contributed by atoms with E-state index in [0.717, 1.165) is 35.7 Å². The van der Waals surface area contributed by atoms with Crippen LogP contribution in [0.2, 0.25) is 10.0 Å². The van der Waals surface area contributed by atoms with Crippen molar-refractivity contribution < 1.29 is 0 Å². The molecular weight excluding hydrogens is 493 g/mol. The number of rotatable bonds is 4. The van der Waals surface area contributed by atoms with Crippen molar-refractivity contribution in [2.24, 2.45) is 4.99 Å². The fourth-order valence-corrected chi connectivity index (χ4v) is 5.95. The molecule has 0 N–H and O–H groups in total. The summed E-state index contributed by atoms with van der Waals surface area (Å²) in [7, 11) is 0. The summed E-state index contributed by atoms with van der Waals surface area (Å²) in [6.45, 7) is 6.60. The topological polar surface area (TPSA) is 62.4 Å². The van der Waals surface area contributed by atoms with E-state index < -0.39 is 0 Å². The molecule has 3 aromatic rings. The number of aliphatic imine (C=N–C) groups is 1. The van der Waals surface area contributed by atoms with E-state index >= 15 is 0 Å². The van der Waals surface area contributed by atoms with Crippen LogP contribution in [-0.4, -0.2) is 43.5 Å². The molecule has 9 heteroatoms. The third-order valence-corrected chi connectivity index (χ3v) is 7.81. The number of halogens is 2. The second-order valence-corrected chi connectivity index (χ2v) is 10.7. The summed E-state index contributed by atoms with van der Waals surface area (Å²) in [6, 6.07) is 6.30. The van der Waals surface area contributed by atoms with E-state index in [-0.39, 0.29) is 12.1 Å². The maximum absolute atomic E-state index is 6.29. The average Bonchev–Trinajstić information content (AvgIpc) is 3.25. The van der Waals surface area contributed by atoms with Crippen molar-refractivity contribution in [3.63, 3.8) is 0 Å². The van der Waals surface area contributed by atoms with Gasteiger partial charge in [-0.2, -0.15) is 4.98 Å². The second-order valence-electron chi connectivity index (χ2n) is 9.83. The van der Waals surface area contributed by atoms with Crippen molar-refractivity contribution in [1.82, 2.24) is 19.5 Å². The number of benzene rings is 1. The zero-order valence-electron chi connectivity index (χ0n) is 20.7. The van der Waals surface area contributed by atoms with Gasteiger partial charge in [-0.25, -0.2) is 9.97 Å². The van der Waals surface area contributed by atoms with Crippen molar-refractivity contribution in [2.45, 2.75) is 71.0 Å². The summed E-state index contributed by atoms with van der Waals surface area (Å²) in [4.78, 5) is 24.6. The summed E-state index contributed by atoms with van der Waals surface area (Å²) >= 11 is 12.6. The van der Waals surface area contributed by atoms with Crippen molar-refractivity contribution in [2.75, 3.05) is 9.80 Å². The number of anilines is 2. The summed E-state index contributed by atoms with van der Waals surface area (Å²) in [6.07, 6.45) is 13.3. The van der Waals surface area contributed by atoms with Gasteiger partial charge in [-0.3, -0.25) is 14.5 Å². The maximum atomic E-state index is 6.29. The lowest BCUT2D eigenvalue weighted by atomic mass is 9.88. The van der Waals surface area contributed by atoms with Crippen molar-refractivity contribution >= 4 is 40.5 Å². The molecule has 0 spiro atoms. The van der Waals surface area contributed by atoms with E-state index in [0.29, 0.717) is 27.9 Å². The average molecular weight is 522 g/mol. The molecule has 2 unspecified atom stereocenters. The molecule has 6 rings (SSSR count). The third kappa shape index (κ3) is 3.89. The Bertz CT molecular complexity index is 1350. The molecule has 1 aliphatic carbocycles. The van der Waals surface area contributed by atoms with Gasteiger partial charge in [0.15, 0.2) is 5.82 Å². The fourth-order valence-electron chi connectivity index (χ4n) is 5.42. The lowest BCUT2D eigenvalue weighted by molar-refractivity contribution is 0.369. The van der Waals surface area contributed by atoms with E-state index in [1.807, 2.05) is 29.1 Å². The first-order chi connectivity index (χ1) is 17.4.